The van der Waals surface area contributed by atoms with Crippen LogP contribution in [-0.4, -0.2) is 28.8 Å². The Morgan fingerprint density at radius 1 is 1.33 bits per heavy atom. The monoisotopic (exact) mass is 313 g/mol. The molecule has 1 atom stereocenters. The third-order valence-corrected chi connectivity index (χ3v) is 3.90. The Labute approximate surface area is 128 Å². The van der Waals surface area contributed by atoms with E-state index in [4.69, 9.17) is 5.11 Å². The van der Waals surface area contributed by atoms with Gasteiger partial charge >= 0.3 is 5.97 Å². The molecule has 0 aliphatic heterocycles. The lowest BCUT2D eigenvalue weighted by atomic mass is 10.1. The highest BCUT2D eigenvalue weighted by molar-refractivity contribution is 7.99. The van der Waals surface area contributed by atoms with Crippen LogP contribution in [0.4, 0.5) is 4.39 Å². The van der Waals surface area contributed by atoms with Gasteiger partial charge in [-0.15, -0.1) is 11.8 Å². The Kier molecular flexibility index (Phi) is 7.82. The Morgan fingerprint density at radius 2 is 2.00 bits per heavy atom. The second kappa shape index (κ2) is 9.39. The number of rotatable bonds is 9. The third kappa shape index (κ3) is 7.13. The van der Waals surface area contributed by atoms with E-state index in [2.05, 4.69) is 5.32 Å². The number of carbonyl (C=O) groups excluding carboxylic acids is 1. The molecule has 21 heavy (non-hydrogen) atoms. The molecule has 0 aromatic heterocycles. The fraction of sp³-hybridized carbons (Fsp3) is 0.467. The lowest BCUT2D eigenvalue weighted by Crippen LogP contribution is -2.41. The minimum atomic E-state index is -1.000. The maximum absolute atomic E-state index is 12.7. The van der Waals surface area contributed by atoms with Crippen LogP contribution in [-0.2, 0) is 15.3 Å². The molecule has 1 rings (SSSR count). The quantitative estimate of drug-likeness (QED) is 0.736. The van der Waals surface area contributed by atoms with Crippen molar-refractivity contribution in [3.05, 3.63) is 35.6 Å². The van der Waals surface area contributed by atoms with Gasteiger partial charge in [-0.25, -0.2) is 9.18 Å². The lowest BCUT2D eigenvalue weighted by Gasteiger charge is -2.13. The standard InChI is InChI=1S/C15H20FNO3S/c1-2-3-4-13(15(19)20)17-14(18)10-21-9-11-5-7-12(16)8-6-11/h5-8,13H,2-4,9-10H2,1H3,(H,17,18)(H,19,20)/t13-/m0/s1. The largest absolute Gasteiger partial charge is 0.480 e. The van der Waals surface area contributed by atoms with Crippen molar-refractivity contribution >= 4 is 23.6 Å². The minimum Gasteiger partial charge on any atom is -0.480 e. The number of benzene rings is 1. The number of aliphatic carboxylic acids is 1. The van der Waals surface area contributed by atoms with Gasteiger partial charge in [-0.3, -0.25) is 4.79 Å². The number of hydrogen-bond donors (Lipinski definition) is 2. The number of halogens is 1. The van der Waals surface area contributed by atoms with Gasteiger partial charge in [-0.05, 0) is 24.1 Å². The molecule has 1 aromatic carbocycles. The fourth-order valence-electron chi connectivity index (χ4n) is 1.74. The first-order valence-corrected chi connectivity index (χ1v) is 8.02. The molecule has 0 unspecified atom stereocenters. The second-order valence-electron chi connectivity index (χ2n) is 4.72. The minimum absolute atomic E-state index is 0.188. The van der Waals surface area contributed by atoms with Gasteiger partial charge in [0.15, 0.2) is 0 Å². The Hall–Kier alpha value is -1.56. The van der Waals surface area contributed by atoms with Crippen LogP contribution in [0.15, 0.2) is 24.3 Å². The van der Waals surface area contributed by atoms with Crippen LogP contribution >= 0.6 is 11.8 Å². The third-order valence-electron chi connectivity index (χ3n) is 2.89. The zero-order chi connectivity index (χ0) is 15.7. The summed E-state index contributed by atoms with van der Waals surface area (Å²) in [4.78, 5) is 22.7. The molecule has 116 valence electrons. The van der Waals surface area contributed by atoms with Gasteiger partial charge in [0.1, 0.15) is 11.9 Å². The molecule has 4 nitrogen and oxygen atoms in total. The van der Waals surface area contributed by atoms with Crippen LogP contribution in [0.1, 0.15) is 31.7 Å². The first kappa shape index (κ1) is 17.5. The highest BCUT2D eigenvalue weighted by atomic mass is 32.2. The molecule has 0 aliphatic rings. The van der Waals surface area contributed by atoms with Crippen LogP contribution in [0, 0.1) is 5.82 Å². The predicted octanol–water partition coefficient (Wildman–Crippen LogP) is 2.82. The van der Waals surface area contributed by atoms with Crippen LogP contribution in [0.2, 0.25) is 0 Å². The number of hydrogen-bond acceptors (Lipinski definition) is 3. The molecule has 0 heterocycles. The summed E-state index contributed by atoms with van der Waals surface area (Å²) < 4.78 is 12.7. The number of nitrogens with one attached hydrogen (secondary N) is 1. The van der Waals surface area contributed by atoms with Crippen molar-refractivity contribution in [3.8, 4) is 0 Å². The van der Waals surface area contributed by atoms with Gasteiger partial charge < -0.3 is 10.4 Å². The topological polar surface area (TPSA) is 66.4 Å². The molecule has 0 saturated heterocycles. The molecule has 2 N–H and O–H groups in total. The Balaban J connectivity index is 2.32. The van der Waals surface area contributed by atoms with Gasteiger partial charge in [-0.1, -0.05) is 31.9 Å². The molecule has 6 heteroatoms. The van der Waals surface area contributed by atoms with Gasteiger partial charge in [0, 0.05) is 5.75 Å². The van der Waals surface area contributed by atoms with Crippen molar-refractivity contribution < 1.29 is 19.1 Å². The fourth-order valence-corrected chi connectivity index (χ4v) is 2.54. The summed E-state index contributed by atoms with van der Waals surface area (Å²) in [5, 5.41) is 11.5. The van der Waals surface area contributed by atoms with Crippen molar-refractivity contribution in [2.45, 2.75) is 38.0 Å². The van der Waals surface area contributed by atoms with Gasteiger partial charge in [0.2, 0.25) is 5.91 Å². The van der Waals surface area contributed by atoms with Crippen LogP contribution < -0.4 is 5.32 Å². The maximum atomic E-state index is 12.7. The van der Waals surface area contributed by atoms with Crippen molar-refractivity contribution in [1.82, 2.24) is 5.32 Å². The first-order chi connectivity index (χ1) is 10.0. The second-order valence-corrected chi connectivity index (χ2v) is 5.71. The molecular formula is C15H20FNO3S. The zero-order valence-electron chi connectivity index (χ0n) is 12.0. The molecule has 0 radical (unpaired) electrons. The lowest BCUT2D eigenvalue weighted by molar-refractivity contribution is -0.141. The first-order valence-electron chi connectivity index (χ1n) is 6.87. The zero-order valence-corrected chi connectivity index (χ0v) is 12.8. The predicted molar refractivity (Wildman–Crippen MR) is 81.7 cm³/mol. The Bertz CT molecular complexity index is 464. The summed E-state index contributed by atoms with van der Waals surface area (Å²) in [6.45, 7) is 1.97. The number of thioether (sulfide) groups is 1. The van der Waals surface area contributed by atoms with Crippen LogP contribution in [0.25, 0.3) is 0 Å². The highest BCUT2D eigenvalue weighted by Crippen LogP contribution is 2.12. The van der Waals surface area contributed by atoms with E-state index in [1.807, 2.05) is 6.92 Å². The summed E-state index contributed by atoms with van der Waals surface area (Å²) >= 11 is 1.37. The Morgan fingerprint density at radius 3 is 2.57 bits per heavy atom. The van der Waals surface area contributed by atoms with E-state index < -0.39 is 12.0 Å². The van der Waals surface area contributed by atoms with E-state index >= 15 is 0 Å². The SMILES string of the molecule is CCCC[C@H](NC(=O)CSCc1ccc(F)cc1)C(=O)O. The number of unbranched alkanes of at least 4 members (excludes halogenated alkanes) is 1. The molecule has 1 aromatic rings. The van der Waals surface area contributed by atoms with Crippen molar-refractivity contribution in [2.75, 3.05) is 5.75 Å². The maximum Gasteiger partial charge on any atom is 0.326 e. The number of amides is 1. The average Bonchev–Trinajstić information content (AvgIpc) is 2.45. The van der Waals surface area contributed by atoms with E-state index in [0.717, 1.165) is 18.4 Å². The van der Waals surface area contributed by atoms with Crippen LogP contribution in [0.3, 0.4) is 0 Å². The summed E-state index contributed by atoms with van der Waals surface area (Å²) in [6, 6.07) is 5.27. The summed E-state index contributed by atoms with van der Waals surface area (Å²) in [5.74, 6) is -0.805. The smallest absolute Gasteiger partial charge is 0.326 e. The highest BCUT2D eigenvalue weighted by Gasteiger charge is 2.18. The van der Waals surface area contributed by atoms with E-state index in [1.54, 1.807) is 12.1 Å². The summed E-state index contributed by atoms with van der Waals surface area (Å²) in [6.07, 6.45) is 2.10. The van der Waals surface area contributed by atoms with Crippen molar-refractivity contribution in [1.29, 1.82) is 0 Å². The number of carboxylic acid groups (broad SMARTS) is 1. The van der Waals surface area contributed by atoms with E-state index in [1.165, 1.54) is 23.9 Å². The average molecular weight is 313 g/mol. The number of carboxylic acids is 1. The van der Waals surface area contributed by atoms with E-state index in [-0.39, 0.29) is 17.5 Å². The number of carbonyl (C=O) groups is 2. The van der Waals surface area contributed by atoms with Gasteiger partial charge in [0.05, 0.1) is 5.75 Å². The molecular weight excluding hydrogens is 293 g/mol. The van der Waals surface area contributed by atoms with E-state index in [0.29, 0.717) is 12.2 Å². The molecule has 0 saturated carbocycles. The van der Waals surface area contributed by atoms with Crippen molar-refractivity contribution in [3.63, 3.8) is 0 Å². The van der Waals surface area contributed by atoms with Gasteiger partial charge in [0.25, 0.3) is 0 Å². The normalized spacial score (nSPS) is 11.9. The van der Waals surface area contributed by atoms with Crippen molar-refractivity contribution in [2.24, 2.45) is 0 Å². The molecule has 0 spiro atoms. The summed E-state index contributed by atoms with van der Waals surface area (Å²) in [7, 11) is 0. The van der Waals surface area contributed by atoms with E-state index in [9.17, 15) is 14.0 Å². The van der Waals surface area contributed by atoms with Crippen LogP contribution in [0.5, 0.6) is 0 Å². The molecule has 0 bridgehead atoms. The molecule has 1 amide bonds. The molecule has 0 aliphatic carbocycles. The summed E-state index contributed by atoms with van der Waals surface area (Å²) in [5.41, 5.74) is 0.926. The van der Waals surface area contributed by atoms with Gasteiger partial charge in [-0.2, -0.15) is 0 Å². The molecule has 0 fully saturated rings.